The van der Waals surface area contributed by atoms with E-state index in [1.807, 2.05) is 26.0 Å². The number of aryl methyl sites for hydroxylation is 5. The molecule has 0 atom stereocenters. The van der Waals surface area contributed by atoms with Crippen molar-refractivity contribution >= 4 is 22.3 Å². The van der Waals surface area contributed by atoms with E-state index >= 15 is 0 Å². The number of nitrogens with zero attached hydrogens (tertiary/aromatic N) is 5. The molecule has 0 amide bonds. The van der Waals surface area contributed by atoms with Crippen molar-refractivity contribution in [1.82, 2.24) is 14.8 Å². The largest absolute Gasteiger partial charge is 0.494 e. The van der Waals surface area contributed by atoms with Crippen molar-refractivity contribution < 1.29 is 9.47 Å². The highest BCUT2D eigenvalue weighted by molar-refractivity contribution is 5.99. The van der Waals surface area contributed by atoms with Gasteiger partial charge in [0.25, 0.3) is 0 Å². The van der Waals surface area contributed by atoms with Crippen molar-refractivity contribution in [3.63, 3.8) is 0 Å². The molecule has 2 aromatic heterocycles. The van der Waals surface area contributed by atoms with Gasteiger partial charge in [-0.15, -0.1) is 5.10 Å². The monoisotopic (exact) mass is 499 g/mol. The summed E-state index contributed by atoms with van der Waals surface area (Å²) in [6, 6.07) is 12.8. The Labute approximate surface area is 219 Å². The standard InChI is InChI=1S/C30H37N5O2/c1-8-37-25-11-12-26(27(18-25)36-7)35-22(5)28-21(4)31-32-30(29(28)23(35)6)34-15-13-33(14-16-34)24-10-9-19(2)20(3)17-24/h9-12,17-18H,8,13-16H2,1-7H3. The highest BCUT2D eigenvalue weighted by Gasteiger charge is 2.26. The van der Waals surface area contributed by atoms with Gasteiger partial charge in [0.05, 0.1) is 25.1 Å². The molecule has 7 nitrogen and oxygen atoms in total. The summed E-state index contributed by atoms with van der Waals surface area (Å²) in [5, 5.41) is 11.7. The predicted molar refractivity (Wildman–Crippen MR) is 151 cm³/mol. The smallest absolute Gasteiger partial charge is 0.161 e. The van der Waals surface area contributed by atoms with Gasteiger partial charge in [0.15, 0.2) is 5.82 Å². The number of hydrogen-bond acceptors (Lipinski definition) is 6. The number of methoxy groups -OCH3 is 1. The van der Waals surface area contributed by atoms with Crippen LogP contribution in [0.3, 0.4) is 0 Å². The van der Waals surface area contributed by atoms with Crippen molar-refractivity contribution in [2.45, 2.75) is 41.5 Å². The van der Waals surface area contributed by atoms with Gasteiger partial charge >= 0.3 is 0 Å². The first-order chi connectivity index (χ1) is 17.8. The second-order valence-corrected chi connectivity index (χ2v) is 9.87. The van der Waals surface area contributed by atoms with Crippen LogP contribution in [0.4, 0.5) is 11.5 Å². The molecule has 0 unspecified atom stereocenters. The van der Waals surface area contributed by atoms with E-state index in [1.54, 1.807) is 7.11 Å². The maximum absolute atomic E-state index is 5.79. The fourth-order valence-electron chi connectivity index (χ4n) is 5.56. The van der Waals surface area contributed by atoms with E-state index < -0.39 is 0 Å². The molecule has 0 saturated carbocycles. The first-order valence-corrected chi connectivity index (χ1v) is 13.1. The number of anilines is 2. The highest BCUT2D eigenvalue weighted by Crippen LogP contribution is 2.39. The number of rotatable bonds is 6. The van der Waals surface area contributed by atoms with Crippen LogP contribution < -0.4 is 19.3 Å². The molecule has 1 aliphatic heterocycles. The average molecular weight is 500 g/mol. The highest BCUT2D eigenvalue weighted by atomic mass is 16.5. The maximum Gasteiger partial charge on any atom is 0.161 e. The van der Waals surface area contributed by atoms with Crippen LogP contribution in [-0.4, -0.2) is 54.7 Å². The molecule has 1 saturated heterocycles. The molecule has 3 heterocycles. The predicted octanol–water partition coefficient (Wildman–Crippen LogP) is 5.70. The molecule has 0 N–H and O–H groups in total. The number of aromatic nitrogens is 3. The fourth-order valence-corrected chi connectivity index (χ4v) is 5.56. The number of ether oxygens (including phenoxy) is 2. The quantitative estimate of drug-likeness (QED) is 0.339. The molecule has 7 heteroatoms. The lowest BCUT2D eigenvalue weighted by molar-refractivity contribution is 0.336. The molecule has 5 rings (SSSR count). The first kappa shape index (κ1) is 24.9. The van der Waals surface area contributed by atoms with Crippen LogP contribution in [0.2, 0.25) is 0 Å². The summed E-state index contributed by atoms with van der Waals surface area (Å²) in [6.07, 6.45) is 0. The lowest BCUT2D eigenvalue weighted by atomic mass is 10.1. The summed E-state index contributed by atoms with van der Waals surface area (Å²) in [6.45, 7) is 17.0. The molecule has 0 bridgehead atoms. The Kier molecular flexibility index (Phi) is 6.71. The van der Waals surface area contributed by atoms with E-state index in [2.05, 4.69) is 71.4 Å². The summed E-state index contributed by atoms with van der Waals surface area (Å²) in [5.41, 5.74) is 8.17. The van der Waals surface area contributed by atoms with Gasteiger partial charge in [-0.25, -0.2) is 0 Å². The third kappa shape index (κ3) is 4.37. The Bertz CT molecular complexity index is 1450. The molecular weight excluding hydrogens is 462 g/mol. The van der Waals surface area contributed by atoms with Crippen LogP contribution >= 0.6 is 0 Å². The van der Waals surface area contributed by atoms with Crippen molar-refractivity contribution in [3.05, 3.63) is 64.6 Å². The van der Waals surface area contributed by atoms with Crippen molar-refractivity contribution in [2.75, 3.05) is 49.7 Å². The van der Waals surface area contributed by atoms with Crippen LogP contribution in [0, 0.1) is 34.6 Å². The maximum atomic E-state index is 5.79. The molecule has 2 aromatic carbocycles. The molecule has 0 aliphatic carbocycles. The van der Waals surface area contributed by atoms with E-state index in [9.17, 15) is 0 Å². The van der Waals surface area contributed by atoms with Crippen molar-refractivity contribution in [3.8, 4) is 17.2 Å². The number of hydrogen-bond donors (Lipinski definition) is 0. The van der Waals surface area contributed by atoms with Crippen molar-refractivity contribution in [1.29, 1.82) is 0 Å². The van der Waals surface area contributed by atoms with E-state index in [1.165, 1.54) is 22.2 Å². The molecule has 1 fully saturated rings. The first-order valence-electron chi connectivity index (χ1n) is 13.1. The SMILES string of the molecule is CCOc1ccc(-n2c(C)c3c(C)nnc(N4CCN(c5ccc(C)c(C)c5)CC4)c3c2C)c(OC)c1. The van der Waals surface area contributed by atoms with Crippen LogP contribution in [-0.2, 0) is 0 Å². The minimum absolute atomic E-state index is 0.616. The van der Waals surface area contributed by atoms with Gasteiger partial charge in [0.2, 0.25) is 0 Å². The molecule has 37 heavy (non-hydrogen) atoms. The second-order valence-electron chi connectivity index (χ2n) is 9.87. The van der Waals surface area contributed by atoms with Gasteiger partial charge in [-0.3, -0.25) is 0 Å². The zero-order chi connectivity index (χ0) is 26.3. The lowest BCUT2D eigenvalue weighted by Crippen LogP contribution is -2.47. The van der Waals surface area contributed by atoms with Gasteiger partial charge < -0.3 is 23.8 Å². The molecule has 194 valence electrons. The normalized spacial score (nSPS) is 13.9. The van der Waals surface area contributed by atoms with E-state index in [-0.39, 0.29) is 0 Å². The molecule has 1 aliphatic rings. The van der Waals surface area contributed by atoms with Crippen LogP contribution in [0.25, 0.3) is 16.5 Å². The Balaban J connectivity index is 1.52. The van der Waals surface area contributed by atoms with Crippen LogP contribution in [0.15, 0.2) is 36.4 Å². The van der Waals surface area contributed by atoms with Gasteiger partial charge in [-0.05, 0) is 76.9 Å². The summed E-state index contributed by atoms with van der Waals surface area (Å²) in [5.74, 6) is 2.54. The minimum atomic E-state index is 0.616. The third-order valence-electron chi connectivity index (χ3n) is 7.66. The van der Waals surface area contributed by atoms with E-state index in [0.717, 1.165) is 71.7 Å². The molecule has 0 radical (unpaired) electrons. The number of fused-ring (bicyclic) bond motifs is 1. The summed E-state index contributed by atoms with van der Waals surface area (Å²) < 4.78 is 13.8. The Hall–Kier alpha value is -3.74. The second kappa shape index (κ2) is 9.96. The minimum Gasteiger partial charge on any atom is -0.494 e. The molecule has 0 spiro atoms. The summed E-state index contributed by atoms with van der Waals surface area (Å²) in [4.78, 5) is 4.86. The summed E-state index contributed by atoms with van der Waals surface area (Å²) in [7, 11) is 1.71. The van der Waals surface area contributed by atoms with Crippen LogP contribution in [0.1, 0.15) is 35.1 Å². The number of piperazine rings is 1. The Morgan fingerprint density at radius 1 is 0.784 bits per heavy atom. The van der Waals surface area contributed by atoms with Crippen molar-refractivity contribution in [2.24, 2.45) is 0 Å². The number of benzene rings is 2. The molecule has 4 aromatic rings. The van der Waals surface area contributed by atoms with Crippen LogP contribution in [0.5, 0.6) is 11.5 Å². The topological polar surface area (TPSA) is 55.7 Å². The Morgan fingerprint density at radius 3 is 2.16 bits per heavy atom. The lowest BCUT2D eigenvalue weighted by Gasteiger charge is -2.37. The zero-order valence-corrected chi connectivity index (χ0v) is 23.1. The zero-order valence-electron chi connectivity index (χ0n) is 23.1. The van der Waals surface area contributed by atoms with E-state index in [0.29, 0.717) is 6.61 Å². The Morgan fingerprint density at radius 2 is 1.49 bits per heavy atom. The van der Waals surface area contributed by atoms with Gasteiger partial charge in [-0.1, -0.05) is 6.07 Å². The van der Waals surface area contributed by atoms with Gasteiger partial charge in [-0.2, -0.15) is 5.10 Å². The summed E-state index contributed by atoms with van der Waals surface area (Å²) >= 11 is 0. The van der Waals surface area contributed by atoms with Gasteiger partial charge in [0, 0.05) is 60.1 Å². The average Bonchev–Trinajstić information content (AvgIpc) is 3.17. The van der Waals surface area contributed by atoms with Gasteiger partial charge in [0.1, 0.15) is 11.5 Å². The molecular formula is C30H37N5O2. The van der Waals surface area contributed by atoms with E-state index in [4.69, 9.17) is 14.6 Å². The third-order valence-corrected chi connectivity index (χ3v) is 7.66. The fraction of sp³-hybridized carbons (Fsp3) is 0.400.